The molecule has 1 atom stereocenters. The van der Waals surface area contributed by atoms with Crippen molar-refractivity contribution in [1.29, 1.82) is 0 Å². The standard InChI is InChI=1S/C11H14N4O/c16-11-13-9-2-1-8(7-10(9)14-11)15-5-3-12-4-6-15/h1-2,7-8,12H,3-6H2,(H,14,16). The molecule has 0 aromatic rings. The van der Waals surface area contributed by atoms with E-state index in [4.69, 9.17) is 0 Å². The minimum Gasteiger partial charge on any atom is -0.314 e. The highest BCUT2D eigenvalue weighted by Crippen LogP contribution is 2.16. The number of piperazine rings is 1. The van der Waals surface area contributed by atoms with Crippen LogP contribution in [0.4, 0.5) is 4.79 Å². The van der Waals surface area contributed by atoms with E-state index in [9.17, 15) is 4.79 Å². The molecule has 84 valence electrons. The lowest BCUT2D eigenvalue weighted by molar-refractivity contribution is 0.227. The van der Waals surface area contributed by atoms with Crippen molar-refractivity contribution in [2.24, 2.45) is 4.99 Å². The fourth-order valence-corrected chi connectivity index (χ4v) is 2.25. The Kier molecular flexibility index (Phi) is 2.34. The summed E-state index contributed by atoms with van der Waals surface area (Å²) in [5.74, 6) is 0. The largest absolute Gasteiger partial charge is 0.346 e. The van der Waals surface area contributed by atoms with Gasteiger partial charge in [-0.2, -0.15) is 4.99 Å². The van der Waals surface area contributed by atoms with Gasteiger partial charge in [-0.05, 0) is 12.2 Å². The second-order valence-electron chi connectivity index (χ2n) is 4.14. The molecule has 2 aliphatic heterocycles. The maximum absolute atomic E-state index is 11.1. The topological polar surface area (TPSA) is 56.7 Å². The lowest BCUT2D eigenvalue weighted by atomic mass is 10.0. The molecular weight excluding hydrogens is 204 g/mol. The molecule has 2 N–H and O–H groups in total. The molecule has 2 heterocycles. The first-order valence-corrected chi connectivity index (χ1v) is 5.58. The number of hydrogen-bond donors (Lipinski definition) is 2. The summed E-state index contributed by atoms with van der Waals surface area (Å²) < 4.78 is 0. The normalized spacial score (nSPS) is 29.5. The van der Waals surface area contributed by atoms with Crippen LogP contribution in [0.15, 0.2) is 28.9 Å². The van der Waals surface area contributed by atoms with Gasteiger partial charge in [-0.25, -0.2) is 4.79 Å². The average molecular weight is 218 g/mol. The van der Waals surface area contributed by atoms with Gasteiger partial charge in [0.15, 0.2) is 0 Å². The predicted molar refractivity (Wildman–Crippen MR) is 61.4 cm³/mol. The van der Waals surface area contributed by atoms with Crippen molar-refractivity contribution < 1.29 is 4.79 Å². The van der Waals surface area contributed by atoms with Crippen LogP contribution in [0.25, 0.3) is 0 Å². The number of aliphatic imine (C=N–C) groups is 1. The van der Waals surface area contributed by atoms with E-state index in [1.165, 1.54) is 0 Å². The fraction of sp³-hybridized carbons (Fsp3) is 0.455. The molecule has 0 spiro atoms. The lowest BCUT2D eigenvalue weighted by Crippen LogP contribution is -2.48. The number of allylic oxidation sites excluding steroid dienone is 1. The van der Waals surface area contributed by atoms with Crippen LogP contribution in [0.1, 0.15) is 0 Å². The maximum Gasteiger partial charge on any atom is 0.346 e. The highest BCUT2D eigenvalue weighted by Gasteiger charge is 2.25. The first kappa shape index (κ1) is 9.74. The van der Waals surface area contributed by atoms with Gasteiger partial charge in [0.25, 0.3) is 0 Å². The number of rotatable bonds is 1. The van der Waals surface area contributed by atoms with Crippen LogP contribution in [-0.2, 0) is 0 Å². The van der Waals surface area contributed by atoms with Crippen molar-refractivity contribution in [2.75, 3.05) is 26.2 Å². The summed E-state index contributed by atoms with van der Waals surface area (Å²) in [4.78, 5) is 17.4. The predicted octanol–water partition coefficient (Wildman–Crippen LogP) is -0.122. The summed E-state index contributed by atoms with van der Waals surface area (Å²) in [6.07, 6.45) is 6.11. The SMILES string of the molecule is O=C1N=C2C=CC(N3CCNCC3)C=C2N1. The second-order valence-corrected chi connectivity index (χ2v) is 4.14. The first-order chi connectivity index (χ1) is 7.83. The van der Waals surface area contributed by atoms with Crippen LogP contribution in [0.5, 0.6) is 0 Å². The number of carbonyl (C=O) groups excluding carboxylic acids is 1. The van der Waals surface area contributed by atoms with Gasteiger partial charge in [0.05, 0.1) is 11.4 Å². The van der Waals surface area contributed by atoms with Gasteiger partial charge in [-0.1, -0.05) is 6.08 Å². The van der Waals surface area contributed by atoms with Gasteiger partial charge in [0.1, 0.15) is 0 Å². The van der Waals surface area contributed by atoms with E-state index in [0.717, 1.165) is 37.6 Å². The Bertz CT molecular complexity index is 404. The van der Waals surface area contributed by atoms with Crippen LogP contribution >= 0.6 is 0 Å². The zero-order chi connectivity index (χ0) is 11.0. The molecule has 1 fully saturated rings. The number of amides is 2. The number of fused-ring (bicyclic) bond motifs is 1. The number of nitrogens with one attached hydrogen (secondary N) is 2. The third-order valence-electron chi connectivity index (χ3n) is 3.10. The Morgan fingerprint density at radius 3 is 3.00 bits per heavy atom. The molecule has 5 heteroatoms. The Morgan fingerprint density at radius 2 is 2.19 bits per heavy atom. The average Bonchev–Trinajstić information content (AvgIpc) is 2.69. The zero-order valence-electron chi connectivity index (χ0n) is 8.94. The van der Waals surface area contributed by atoms with Gasteiger partial charge in [-0.3, -0.25) is 4.90 Å². The van der Waals surface area contributed by atoms with Crippen LogP contribution in [-0.4, -0.2) is 48.9 Å². The molecular formula is C11H14N4O. The molecule has 0 saturated carbocycles. The summed E-state index contributed by atoms with van der Waals surface area (Å²) in [5, 5.41) is 6.08. The van der Waals surface area contributed by atoms with Gasteiger partial charge in [0, 0.05) is 32.2 Å². The van der Waals surface area contributed by atoms with Gasteiger partial charge >= 0.3 is 6.03 Å². The Balaban J connectivity index is 1.78. The second kappa shape index (κ2) is 3.84. The highest BCUT2D eigenvalue weighted by molar-refractivity contribution is 6.19. The molecule has 1 unspecified atom stereocenters. The van der Waals surface area contributed by atoms with Crippen LogP contribution in [0, 0.1) is 0 Å². The highest BCUT2D eigenvalue weighted by atomic mass is 16.2. The van der Waals surface area contributed by atoms with E-state index in [1.807, 2.05) is 6.08 Å². The van der Waals surface area contributed by atoms with Crippen molar-refractivity contribution >= 4 is 11.7 Å². The van der Waals surface area contributed by atoms with Gasteiger partial charge < -0.3 is 10.6 Å². The summed E-state index contributed by atoms with van der Waals surface area (Å²) in [6, 6.07) is 0.0290. The van der Waals surface area contributed by atoms with Gasteiger partial charge in [0.2, 0.25) is 0 Å². The van der Waals surface area contributed by atoms with Crippen molar-refractivity contribution in [3.05, 3.63) is 23.9 Å². The van der Waals surface area contributed by atoms with Crippen molar-refractivity contribution in [1.82, 2.24) is 15.5 Å². The van der Waals surface area contributed by atoms with E-state index in [2.05, 4.69) is 32.7 Å². The molecule has 0 radical (unpaired) electrons. The van der Waals surface area contributed by atoms with Crippen molar-refractivity contribution in [2.45, 2.75) is 6.04 Å². The van der Waals surface area contributed by atoms with Crippen molar-refractivity contribution in [3.8, 4) is 0 Å². The first-order valence-electron chi connectivity index (χ1n) is 5.58. The minimum atomic E-state index is -0.258. The molecule has 5 nitrogen and oxygen atoms in total. The molecule has 3 rings (SSSR count). The minimum absolute atomic E-state index is 0.258. The number of hydrogen-bond acceptors (Lipinski definition) is 3. The van der Waals surface area contributed by atoms with Crippen LogP contribution < -0.4 is 10.6 Å². The van der Waals surface area contributed by atoms with Gasteiger partial charge in [-0.15, -0.1) is 0 Å². The fourth-order valence-electron chi connectivity index (χ4n) is 2.25. The lowest BCUT2D eigenvalue weighted by Gasteiger charge is -2.32. The van der Waals surface area contributed by atoms with Crippen LogP contribution in [0.2, 0.25) is 0 Å². The molecule has 0 aromatic heterocycles. The number of urea groups is 1. The van der Waals surface area contributed by atoms with E-state index < -0.39 is 0 Å². The summed E-state index contributed by atoms with van der Waals surface area (Å²) in [7, 11) is 0. The maximum atomic E-state index is 11.1. The molecule has 1 aliphatic carbocycles. The Labute approximate surface area is 93.9 Å². The number of carbonyl (C=O) groups is 1. The van der Waals surface area contributed by atoms with E-state index in [-0.39, 0.29) is 12.1 Å². The summed E-state index contributed by atoms with van der Waals surface area (Å²) >= 11 is 0. The molecule has 16 heavy (non-hydrogen) atoms. The van der Waals surface area contributed by atoms with E-state index in [0.29, 0.717) is 0 Å². The van der Waals surface area contributed by atoms with Crippen LogP contribution in [0.3, 0.4) is 0 Å². The monoisotopic (exact) mass is 218 g/mol. The number of nitrogens with zero attached hydrogens (tertiary/aromatic N) is 2. The zero-order valence-corrected chi connectivity index (χ0v) is 8.94. The third-order valence-corrected chi connectivity index (χ3v) is 3.10. The third kappa shape index (κ3) is 1.68. The smallest absolute Gasteiger partial charge is 0.314 e. The molecule has 0 aromatic carbocycles. The Hall–Kier alpha value is -1.46. The Morgan fingerprint density at radius 1 is 1.38 bits per heavy atom. The van der Waals surface area contributed by atoms with Crippen molar-refractivity contribution in [3.63, 3.8) is 0 Å². The summed E-state index contributed by atoms with van der Waals surface area (Å²) in [5.41, 5.74) is 1.62. The molecule has 2 amide bonds. The molecule has 3 aliphatic rings. The molecule has 0 bridgehead atoms. The van der Waals surface area contributed by atoms with E-state index in [1.54, 1.807) is 0 Å². The molecule has 1 saturated heterocycles. The quantitative estimate of drug-likeness (QED) is 0.645. The van der Waals surface area contributed by atoms with E-state index >= 15 is 0 Å². The summed E-state index contributed by atoms with van der Waals surface area (Å²) in [6.45, 7) is 4.14.